The summed E-state index contributed by atoms with van der Waals surface area (Å²) in [5.74, 6) is 0.399. The van der Waals surface area contributed by atoms with Crippen LogP contribution >= 0.6 is 0 Å². The Balaban J connectivity index is 1.81. The molecule has 0 saturated heterocycles. The van der Waals surface area contributed by atoms with E-state index in [0.29, 0.717) is 11.5 Å². The number of aromatic nitrogens is 2. The maximum Gasteiger partial charge on any atom is 0.276 e. The van der Waals surface area contributed by atoms with Gasteiger partial charge in [0, 0.05) is 24.5 Å². The number of nitrogens with zero attached hydrogens (tertiary/aromatic N) is 3. The normalized spacial score (nSPS) is 10.2. The van der Waals surface area contributed by atoms with Crippen LogP contribution in [-0.4, -0.2) is 22.9 Å². The third-order valence-electron chi connectivity index (χ3n) is 3.62. The summed E-state index contributed by atoms with van der Waals surface area (Å²) in [4.78, 5) is 22.5. The second-order valence-electron chi connectivity index (χ2n) is 5.48. The lowest BCUT2D eigenvalue weighted by Crippen LogP contribution is -2.27. The van der Waals surface area contributed by atoms with Gasteiger partial charge in [-0.2, -0.15) is 0 Å². The van der Waals surface area contributed by atoms with Crippen molar-refractivity contribution in [2.24, 2.45) is 0 Å². The van der Waals surface area contributed by atoms with Gasteiger partial charge in [-0.3, -0.25) is 4.79 Å². The zero-order valence-corrected chi connectivity index (χ0v) is 13.6. The summed E-state index contributed by atoms with van der Waals surface area (Å²) in [5, 5.41) is 3.20. The lowest BCUT2D eigenvalue weighted by molar-refractivity contribution is 0.0988. The van der Waals surface area contributed by atoms with Crippen molar-refractivity contribution in [2.75, 3.05) is 17.3 Å². The molecule has 24 heavy (non-hydrogen) atoms. The van der Waals surface area contributed by atoms with Crippen molar-refractivity contribution in [1.82, 2.24) is 9.97 Å². The molecule has 5 heteroatoms. The minimum atomic E-state index is -0.184. The Morgan fingerprint density at radius 3 is 2.54 bits per heavy atom. The Morgan fingerprint density at radius 1 is 1.00 bits per heavy atom. The van der Waals surface area contributed by atoms with Crippen LogP contribution in [0.3, 0.4) is 0 Å². The molecule has 3 aromatic rings. The average Bonchev–Trinajstić information content (AvgIpc) is 2.61. The molecule has 0 bridgehead atoms. The molecule has 1 N–H and O–H groups in total. The van der Waals surface area contributed by atoms with Crippen LogP contribution in [0.15, 0.2) is 67.0 Å². The topological polar surface area (TPSA) is 58.1 Å². The van der Waals surface area contributed by atoms with Crippen molar-refractivity contribution in [3.63, 3.8) is 0 Å². The van der Waals surface area contributed by atoms with E-state index in [-0.39, 0.29) is 5.91 Å². The molecule has 0 saturated carbocycles. The molecule has 1 aromatic heterocycles. The Kier molecular flexibility index (Phi) is 4.52. The van der Waals surface area contributed by atoms with E-state index in [1.807, 2.05) is 61.5 Å². The minimum Gasteiger partial charge on any atom is -0.340 e. The van der Waals surface area contributed by atoms with Gasteiger partial charge in [0.05, 0.1) is 0 Å². The van der Waals surface area contributed by atoms with Crippen LogP contribution in [0.4, 0.5) is 17.2 Å². The first-order valence-corrected chi connectivity index (χ1v) is 7.62. The summed E-state index contributed by atoms with van der Waals surface area (Å²) in [5.41, 5.74) is 3.22. The number of aryl methyl sites for hydroxylation is 1. The SMILES string of the molecule is Cc1cccc(Nc2cc(C(=O)N(C)c3ccccc3)ncn2)c1. The fourth-order valence-electron chi connectivity index (χ4n) is 2.35. The number of carbonyl (C=O) groups excluding carboxylic acids is 1. The van der Waals surface area contributed by atoms with E-state index < -0.39 is 0 Å². The molecule has 0 atom stereocenters. The third kappa shape index (κ3) is 3.57. The van der Waals surface area contributed by atoms with Gasteiger partial charge in [-0.25, -0.2) is 9.97 Å². The third-order valence-corrected chi connectivity index (χ3v) is 3.62. The van der Waals surface area contributed by atoms with Crippen molar-refractivity contribution in [1.29, 1.82) is 0 Å². The van der Waals surface area contributed by atoms with Gasteiger partial charge >= 0.3 is 0 Å². The number of nitrogens with one attached hydrogen (secondary N) is 1. The summed E-state index contributed by atoms with van der Waals surface area (Å²) in [6.07, 6.45) is 1.39. The Hall–Kier alpha value is -3.21. The maximum atomic E-state index is 12.6. The zero-order chi connectivity index (χ0) is 16.9. The zero-order valence-electron chi connectivity index (χ0n) is 13.6. The van der Waals surface area contributed by atoms with Crippen LogP contribution in [-0.2, 0) is 0 Å². The quantitative estimate of drug-likeness (QED) is 0.795. The van der Waals surface area contributed by atoms with Crippen molar-refractivity contribution >= 4 is 23.1 Å². The number of para-hydroxylation sites is 1. The van der Waals surface area contributed by atoms with Crippen molar-refractivity contribution in [3.8, 4) is 0 Å². The fraction of sp³-hybridized carbons (Fsp3) is 0.105. The molecule has 5 nitrogen and oxygen atoms in total. The van der Waals surface area contributed by atoms with E-state index >= 15 is 0 Å². The number of carbonyl (C=O) groups is 1. The summed E-state index contributed by atoms with van der Waals surface area (Å²) in [6, 6.07) is 19.1. The largest absolute Gasteiger partial charge is 0.340 e. The molecule has 120 valence electrons. The molecule has 2 aromatic carbocycles. The Bertz CT molecular complexity index is 849. The first-order valence-electron chi connectivity index (χ1n) is 7.62. The molecule has 0 aliphatic heterocycles. The lowest BCUT2D eigenvalue weighted by Gasteiger charge is -2.17. The van der Waals surface area contributed by atoms with E-state index in [2.05, 4.69) is 15.3 Å². The van der Waals surface area contributed by atoms with Crippen LogP contribution in [0.1, 0.15) is 16.1 Å². The highest BCUT2D eigenvalue weighted by molar-refractivity contribution is 6.04. The van der Waals surface area contributed by atoms with Gasteiger partial charge in [0.2, 0.25) is 0 Å². The van der Waals surface area contributed by atoms with Gasteiger partial charge in [0.1, 0.15) is 17.8 Å². The van der Waals surface area contributed by atoms with Gasteiger partial charge in [0.15, 0.2) is 0 Å². The smallest absolute Gasteiger partial charge is 0.276 e. The van der Waals surface area contributed by atoms with E-state index in [0.717, 1.165) is 16.9 Å². The second-order valence-corrected chi connectivity index (χ2v) is 5.48. The van der Waals surface area contributed by atoms with E-state index in [1.165, 1.54) is 6.33 Å². The molecule has 0 fully saturated rings. The van der Waals surface area contributed by atoms with Crippen LogP contribution in [0, 0.1) is 6.92 Å². The number of benzene rings is 2. The van der Waals surface area contributed by atoms with Gasteiger partial charge in [0.25, 0.3) is 5.91 Å². The van der Waals surface area contributed by atoms with Crippen LogP contribution in [0.2, 0.25) is 0 Å². The van der Waals surface area contributed by atoms with Crippen LogP contribution in [0.25, 0.3) is 0 Å². The van der Waals surface area contributed by atoms with Gasteiger partial charge in [-0.15, -0.1) is 0 Å². The molecular formula is C19H18N4O. The highest BCUT2D eigenvalue weighted by atomic mass is 16.2. The number of rotatable bonds is 4. The molecule has 0 spiro atoms. The first kappa shape index (κ1) is 15.7. The minimum absolute atomic E-state index is 0.184. The number of anilines is 3. The van der Waals surface area contributed by atoms with Crippen molar-refractivity contribution in [3.05, 3.63) is 78.2 Å². The molecule has 0 aliphatic rings. The number of amides is 1. The monoisotopic (exact) mass is 318 g/mol. The van der Waals surface area contributed by atoms with Crippen LogP contribution in [0.5, 0.6) is 0 Å². The summed E-state index contributed by atoms with van der Waals surface area (Å²) in [7, 11) is 1.73. The van der Waals surface area contributed by atoms with E-state index in [9.17, 15) is 4.79 Å². The van der Waals surface area contributed by atoms with E-state index in [1.54, 1.807) is 18.0 Å². The van der Waals surface area contributed by atoms with Gasteiger partial charge < -0.3 is 10.2 Å². The summed E-state index contributed by atoms with van der Waals surface area (Å²) in [6.45, 7) is 2.02. The van der Waals surface area contributed by atoms with E-state index in [4.69, 9.17) is 0 Å². The second kappa shape index (κ2) is 6.91. The lowest BCUT2D eigenvalue weighted by atomic mass is 10.2. The highest BCUT2D eigenvalue weighted by Crippen LogP contribution is 2.18. The molecular weight excluding hydrogens is 300 g/mol. The number of hydrogen-bond donors (Lipinski definition) is 1. The molecule has 0 unspecified atom stereocenters. The molecule has 1 amide bonds. The van der Waals surface area contributed by atoms with Crippen molar-refractivity contribution in [2.45, 2.75) is 6.92 Å². The number of hydrogen-bond acceptors (Lipinski definition) is 4. The fourth-order valence-corrected chi connectivity index (χ4v) is 2.35. The standard InChI is InChI=1S/C19H18N4O/c1-14-7-6-8-15(11-14)22-18-12-17(20-13-21-18)19(24)23(2)16-9-4-3-5-10-16/h3-13H,1-2H3,(H,20,21,22). The average molecular weight is 318 g/mol. The summed E-state index contributed by atoms with van der Waals surface area (Å²) < 4.78 is 0. The van der Waals surface area contributed by atoms with Crippen LogP contribution < -0.4 is 10.2 Å². The summed E-state index contributed by atoms with van der Waals surface area (Å²) >= 11 is 0. The Morgan fingerprint density at radius 2 is 1.79 bits per heavy atom. The maximum absolute atomic E-state index is 12.6. The van der Waals surface area contributed by atoms with Gasteiger partial charge in [-0.05, 0) is 36.8 Å². The van der Waals surface area contributed by atoms with Gasteiger partial charge in [-0.1, -0.05) is 30.3 Å². The highest BCUT2D eigenvalue weighted by Gasteiger charge is 2.15. The Labute approximate surface area is 141 Å². The molecule has 0 radical (unpaired) electrons. The first-order chi connectivity index (χ1) is 11.6. The molecule has 3 rings (SSSR count). The molecule has 0 aliphatic carbocycles. The predicted octanol–water partition coefficient (Wildman–Crippen LogP) is 3.81. The molecule has 1 heterocycles. The predicted molar refractivity (Wildman–Crippen MR) is 95.7 cm³/mol. The van der Waals surface area contributed by atoms with Crippen molar-refractivity contribution < 1.29 is 4.79 Å².